The molecule has 3 N–H and O–H groups in total. The first kappa shape index (κ1) is 12.0. The van der Waals surface area contributed by atoms with Gasteiger partial charge in [-0.25, -0.2) is 9.78 Å². The first-order valence-electron chi connectivity index (χ1n) is 4.67. The van der Waals surface area contributed by atoms with E-state index in [0.29, 0.717) is 11.7 Å². The molecule has 0 aliphatic heterocycles. The second kappa shape index (κ2) is 5.15. The fraction of sp³-hybridized carbons (Fsp3) is 0.444. The fourth-order valence-electron chi connectivity index (χ4n) is 0.948. The Hall–Kier alpha value is -2.05. The summed E-state index contributed by atoms with van der Waals surface area (Å²) in [5.41, 5.74) is 0. The molecule has 0 bridgehead atoms. The number of hydrogen-bond donors (Lipinski definition) is 3. The molecule has 0 aliphatic rings. The zero-order valence-corrected chi connectivity index (χ0v) is 8.98. The Kier molecular flexibility index (Phi) is 3.87. The summed E-state index contributed by atoms with van der Waals surface area (Å²) in [6, 6.07) is -1.52. The van der Waals surface area contributed by atoms with E-state index in [0.717, 1.165) is 0 Å². The number of rotatable bonds is 4. The Labute approximate surface area is 91.9 Å². The van der Waals surface area contributed by atoms with Crippen LogP contribution in [0.25, 0.3) is 0 Å². The number of carboxylic acids is 1. The van der Waals surface area contributed by atoms with Gasteiger partial charge in [0.25, 0.3) is 0 Å². The zero-order valence-electron chi connectivity index (χ0n) is 8.98. The average Bonchev–Trinajstić information content (AvgIpc) is 2.61. The quantitative estimate of drug-likeness (QED) is 0.684. The second-order valence-electron chi connectivity index (χ2n) is 3.25. The first-order valence-corrected chi connectivity index (χ1v) is 4.67. The van der Waals surface area contributed by atoms with Gasteiger partial charge in [-0.2, -0.15) is 0 Å². The Morgan fingerprint density at radius 3 is 2.81 bits per heavy atom. The van der Waals surface area contributed by atoms with E-state index in [4.69, 9.17) is 9.52 Å². The highest BCUT2D eigenvalue weighted by molar-refractivity contribution is 5.81. The van der Waals surface area contributed by atoms with Gasteiger partial charge in [0.15, 0.2) is 0 Å². The number of nitrogens with one attached hydrogen (secondary N) is 2. The molecule has 0 aliphatic carbocycles. The van der Waals surface area contributed by atoms with Crippen LogP contribution in [0, 0.1) is 6.92 Å². The first-order chi connectivity index (χ1) is 7.49. The second-order valence-corrected chi connectivity index (χ2v) is 3.25. The molecular formula is C9H13N3O4. The van der Waals surface area contributed by atoms with Gasteiger partial charge in [0, 0.05) is 0 Å². The summed E-state index contributed by atoms with van der Waals surface area (Å²) in [7, 11) is 0. The van der Waals surface area contributed by atoms with Crippen LogP contribution < -0.4 is 10.6 Å². The summed E-state index contributed by atoms with van der Waals surface area (Å²) in [4.78, 5) is 25.5. The van der Waals surface area contributed by atoms with Crippen molar-refractivity contribution in [1.82, 2.24) is 15.6 Å². The summed E-state index contributed by atoms with van der Waals surface area (Å²) >= 11 is 0. The summed E-state index contributed by atoms with van der Waals surface area (Å²) in [5.74, 6) is -0.0751. The van der Waals surface area contributed by atoms with Crippen LogP contribution in [0.15, 0.2) is 10.6 Å². The number of carbonyl (C=O) groups excluding carboxylic acids is 1. The summed E-state index contributed by atoms with van der Waals surface area (Å²) in [6.45, 7) is 3.23. The van der Waals surface area contributed by atoms with Gasteiger partial charge >= 0.3 is 12.0 Å². The molecule has 1 rings (SSSR count). The topological polar surface area (TPSA) is 104 Å². The van der Waals surface area contributed by atoms with E-state index < -0.39 is 18.0 Å². The van der Waals surface area contributed by atoms with E-state index in [2.05, 4.69) is 15.6 Å². The van der Waals surface area contributed by atoms with E-state index >= 15 is 0 Å². The standard InChI is InChI=1S/C9H13N3O4/c1-5-3-10-7(16-5)4-11-9(15)12-6(2)8(13)14/h3,6H,4H2,1-2H3,(H,13,14)(H2,11,12,15)/t6-/m0/s1. The average molecular weight is 227 g/mol. The van der Waals surface area contributed by atoms with Crippen molar-refractivity contribution >= 4 is 12.0 Å². The van der Waals surface area contributed by atoms with Crippen LogP contribution in [0.3, 0.4) is 0 Å². The third-order valence-electron chi connectivity index (χ3n) is 1.79. The Bertz CT molecular complexity index is 388. The molecule has 1 aromatic rings. The van der Waals surface area contributed by atoms with E-state index in [1.807, 2.05) is 0 Å². The molecule has 7 nitrogen and oxygen atoms in total. The lowest BCUT2D eigenvalue weighted by Gasteiger charge is -2.09. The van der Waals surface area contributed by atoms with Gasteiger partial charge < -0.3 is 20.2 Å². The minimum atomic E-state index is -1.10. The molecule has 7 heteroatoms. The maximum absolute atomic E-state index is 11.2. The number of aliphatic carboxylic acids is 1. The summed E-state index contributed by atoms with van der Waals surface area (Å²) in [5, 5.41) is 13.2. The van der Waals surface area contributed by atoms with Crippen molar-refractivity contribution in [2.75, 3.05) is 0 Å². The minimum absolute atomic E-state index is 0.117. The molecule has 16 heavy (non-hydrogen) atoms. The number of nitrogens with zero attached hydrogens (tertiary/aromatic N) is 1. The molecule has 88 valence electrons. The fourth-order valence-corrected chi connectivity index (χ4v) is 0.948. The Morgan fingerprint density at radius 2 is 2.31 bits per heavy atom. The third-order valence-corrected chi connectivity index (χ3v) is 1.79. The van der Waals surface area contributed by atoms with Crippen molar-refractivity contribution in [3.63, 3.8) is 0 Å². The smallest absolute Gasteiger partial charge is 0.325 e. The number of urea groups is 1. The summed E-state index contributed by atoms with van der Waals surface area (Å²) in [6.07, 6.45) is 1.54. The van der Waals surface area contributed by atoms with Crippen LogP contribution >= 0.6 is 0 Å². The normalized spacial score (nSPS) is 11.9. The molecule has 2 amide bonds. The van der Waals surface area contributed by atoms with Crippen molar-refractivity contribution in [2.45, 2.75) is 26.4 Å². The molecule has 0 radical (unpaired) electrons. The molecule has 1 aromatic heterocycles. The van der Waals surface area contributed by atoms with Gasteiger partial charge in [0.2, 0.25) is 5.89 Å². The van der Waals surface area contributed by atoms with E-state index in [1.54, 1.807) is 6.92 Å². The molecular weight excluding hydrogens is 214 g/mol. The minimum Gasteiger partial charge on any atom is -0.480 e. The van der Waals surface area contributed by atoms with Crippen molar-refractivity contribution in [2.24, 2.45) is 0 Å². The maximum Gasteiger partial charge on any atom is 0.325 e. The van der Waals surface area contributed by atoms with Crippen molar-refractivity contribution in [3.05, 3.63) is 17.8 Å². The number of hydrogen-bond acceptors (Lipinski definition) is 4. The third kappa shape index (κ3) is 3.60. The van der Waals surface area contributed by atoms with Crippen LogP contribution in [-0.4, -0.2) is 28.1 Å². The molecule has 0 aromatic carbocycles. The van der Waals surface area contributed by atoms with Gasteiger partial charge in [-0.15, -0.1) is 0 Å². The highest BCUT2D eigenvalue weighted by Crippen LogP contribution is 2.00. The lowest BCUT2D eigenvalue weighted by Crippen LogP contribution is -2.44. The highest BCUT2D eigenvalue weighted by Gasteiger charge is 2.13. The molecule has 0 saturated carbocycles. The predicted octanol–water partition coefficient (Wildman–Crippen LogP) is 0.255. The number of amides is 2. The van der Waals surface area contributed by atoms with Crippen molar-refractivity contribution in [3.8, 4) is 0 Å². The number of aryl methyl sites for hydroxylation is 1. The molecule has 1 atom stereocenters. The van der Waals surface area contributed by atoms with E-state index in [1.165, 1.54) is 13.1 Å². The van der Waals surface area contributed by atoms with Crippen LogP contribution in [0.4, 0.5) is 4.79 Å². The van der Waals surface area contributed by atoms with Crippen molar-refractivity contribution < 1.29 is 19.1 Å². The van der Waals surface area contributed by atoms with Crippen molar-refractivity contribution in [1.29, 1.82) is 0 Å². The maximum atomic E-state index is 11.2. The zero-order chi connectivity index (χ0) is 12.1. The van der Waals surface area contributed by atoms with Crippen LogP contribution in [0.2, 0.25) is 0 Å². The lowest BCUT2D eigenvalue weighted by atomic mass is 10.3. The van der Waals surface area contributed by atoms with Crippen LogP contribution in [-0.2, 0) is 11.3 Å². The molecule has 0 fully saturated rings. The number of aromatic nitrogens is 1. The number of oxazole rings is 1. The van der Waals surface area contributed by atoms with Gasteiger partial charge in [-0.3, -0.25) is 4.79 Å². The van der Waals surface area contributed by atoms with Gasteiger partial charge in [-0.1, -0.05) is 0 Å². The van der Waals surface area contributed by atoms with E-state index in [9.17, 15) is 9.59 Å². The number of carboxylic acid groups (broad SMARTS) is 1. The molecule has 0 saturated heterocycles. The number of carbonyl (C=O) groups is 2. The largest absolute Gasteiger partial charge is 0.480 e. The van der Waals surface area contributed by atoms with Gasteiger partial charge in [0.05, 0.1) is 12.7 Å². The monoisotopic (exact) mass is 227 g/mol. The SMILES string of the molecule is Cc1cnc(CNC(=O)N[C@@H](C)C(=O)O)o1. The Balaban J connectivity index is 2.33. The Morgan fingerprint density at radius 1 is 1.62 bits per heavy atom. The van der Waals surface area contributed by atoms with Crippen LogP contribution in [0.1, 0.15) is 18.6 Å². The molecule has 0 spiro atoms. The molecule has 1 heterocycles. The summed E-state index contributed by atoms with van der Waals surface area (Å²) < 4.78 is 5.12. The van der Waals surface area contributed by atoms with E-state index in [-0.39, 0.29) is 6.54 Å². The predicted molar refractivity (Wildman–Crippen MR) is 53.7 cm³/mol. The van der Waals surface area contributed by atoms with Gasteiger partial charge in [-0.05, 0) is 13.8 Å². The highest BCUT2D eigenvalue weighted by atomic mass is 16.4. The lowest BCUT2D eigenvalue weighted by molar-refractivity contribution is -0.138. The van der Waals surface area contributed by atoms with Gasteiger partial charge in [0.1, 0.15) is 11.8 Å². The van der Waals surface area contributed by atoms with Crippen LogP contribution in [0.5, 0.6) is 0 Å². The molecule has 0 unspecified atom stereocenters.